The van der Waals surface area contributed by atoms with E-state index in [2.05, 4.69) is 265 Å². The minimum absolute atomic E-state index is 0.0217. The van der Waals surface area contributed by atoms with Gasteiger partial charge in [-0.2, -0.15) is 0 Å². The fourth-order valence-electron chi connectivity index (χ4n) is 11.6. The molecule has 0 aromatic heterocycles. The van der Waals surface area contributed by atoms with Crippen LogP contribution in [0.4, 0.5) is 34.1 Å². The van der Waals surface area contributed by atoms with Crippen molar-refractivity contribution in [1.29, 1.82) is 0 Å². The van der Waals surface area contributed by atoms with Crippen molar-refractivity contribution < 1.29 is 0 Å². The van der Waals surface area contributed by atoms with Crippen LogP contribution in [0.3, 0.4) is 0 Å². The van der Waals surface area contributed by atoms with Gasteiger partial charge >= 0.3 is 0 Å². The molecule has 0 spiro atoms. The predicted molar refractivity (Wildman–Crippen MR) is 292 cm³/mol. The second kappa shape index (κ2) is 15.3. The third-order valence-electron chi connectivity index (χ3n) is 15.2. The fourth-order valence-corrected chi connectivity index (χ4v) is 11.6. The van der Waals surface area contributed by atoms with Gasteiger partial charge in [0.1, 0.15) is 0 Å². The second-order valence-electron chi connectivity index (χ2n) is 21.8. The van der Waals surface area contributed by atoms with Gasteiger partial charge in [-0.1, -0.05) is 207 Å². The van der Waals surface area contributed by atoms with E-state index in [0.717, 1.165) is 11.4 Å². The van der Waals surface area contributed by atoms with E-state index in [1.165, 1.54) is 106 Å². The molecule has 12 rings (SSSR count). The number of anilines is 6. The maximum Gasteiger partial charge on any atom is 0.252 e. The van der Waals surface area contributed by atoms with Crippen LogP contribution in [0.25, 0.3) is 44.5 Å². The van der Waals surface area contributed by atoms with Gasteiger partial charge in [-0.25, -0.2) is 0 Å². The number of hydrogen-bond acceptors (Lipinski definition) is 2. The van der Waals surface area contributed by atoms with Crippen molar-refractivity contribution in [1.82, 2.24) is 0 Å². The van der Waals surface area contributed by atoms with Crippen molar-refractivity contribution in [3.05, 3.63) is 222 Å². The minimum atomic E-state index is -0.0565. The molecule has 0 atom stereocenters. The number of rotatable bonds is 5. The molecule has 9 aromatic carbocycles. The Morgan fingerprint density at radius 3 is 1.65 bits per heavy atom. The van der Waals surface area contributed by atoms with Crippen molar-refractivity contribution in [2.24, 2.45) is 0 Å². The maximum absolute atomic E-state index is 2.57. The lowest BCUT2D eigenvalue weighted by atomic mass is 9.33. The molecule has 3 heteroatoms. The molecular weight excluding hydrogens is 820 g/mol. The molecule has 0 bridgehead atoms. The molecule has 9 aromatic rings. The maximum atomic E-state index is 2.57. The Morgan fingerprint density at radius 1 is 0.368 bits per heavy atom. The zero-order chi connectivity index (χ0) is 46.7. The first-order valence-electron chi connectivity index (χ1n) is 24.4. The van der Waals surface area contributed by atoms with Crippen LogP contribution < -0.4 is 26.2 Å². The quantitative estimate of drug-likeness (QED) is 0.159. The highest BCUT2D eigenvalue weighted by Gasteiger charge is 2.44. The summed E-state index contributed by atoms with van der Waals surface area (Å²) >= 11 is 0. The van der Waals surface area contributed by atoms with Crippen LogP contribution >= 0.6 is 0 Å². The molecule has 0 amide bonds. The van der Waals surface area contributed by atoms with Crippen LogP contribution in [0.15, 0.2) is 200 Å². The molecular formula is C65H57BN2. The van der Waals surface area contributed by atoms with E-state index in [0.29, 0.717) is 0 Å². The van der Waals surface area contributed by atoms with Crippen LogP contribution in [-0.2, 0) is 16.2 Å². The SMILES string of the molecule is CC(C)(C)c1ccc2c(c1)B1c3ccc(C(C)(C)C)cc3N(c3ccc(-c4cccc5c4-c4ccccc4C5(C)C)cc3)c3cccc(c31)N2c1ccc(-c2ccccc2)cc1-c1ccccc1. The van der Waals surface area contributed by atoms with Crippen LogP contribution in [0, 0.1) is 0 Å². The summed E-state index contributed by atoms with van der Waals surface area (Å²) < 4.78 is 0. The third-order valence-corrected chi connectivity index (χ3v) is 15.2. The molecule has 68 heavy (non-hydrogen) atoms. The molecule has 330 valence electrons. The van der Waals surface area contributed by atoms with Crippen LogP contribution in [0.5, 0.6) is 0 Å². The molecule has 0 fully saturated rings. The van der Waals surface area contributed by atoms with Gasteiger partial charge in [0.2, 0.25) is 0 Å². The molecule has 2 heterocycles. The second-order valence-corrected chi connectivity index (χ2v) is 21.8. The van der Waals surface area contributed by atoms with Gasteiger partial charge in [-0.15, -0.1) is 0 Å². The van der Waals surface area contributed by atoms with Gasteiger partial charge in [-0.05, 0) is 137 Å². The third kappa shape index (κ3) is 6.54. The summed E-state index contributed by atoms with van der Waals surface area (Å²) in [7, 11) is 0. The molecule has 0 unspecified atom stereocenters. The standard InChI is InChI=1S/C65H57BN2/c1-63(2,3)46-33-38-57-55(40-46)66-54-36-32-47(64(4,5)6)41-60(54)67(48-34-29-44(30-35-48)49-24-17-26-53-61(49)50-23-15-16-25-52(50)65(53,7)8)58-27-18-28-59(62(58)66)68(57)56-37-31-45(42-19-11-9-12-20-42)39-51(56)43-21-13-10-14-22-43/h9-41H,1-8H3. The molecule has 0 radical (unpaired) electrons. The van der Waals surface area contributed by atoms with Gasteiger partial charge in [0.05, 0.1) is 5.69 Å². The van der Waals surface area contributed by atoms with E-state index in [1.807, 2.05) is 0 Å². The highest BCUT2D eigenvalue weighted by atomic mass is 15.2. The van der Waals surface area contributed by atoms with Crippen molar-refractivity contribution in [2.75, 3.05) is 9.80 Å². The number of fused-ring (bicyclic) bond motifs is 7. The highest BCUT2D eigenvalue weighted by molar-refractivity contribution is 7.00. The smallest absolute Gasteiger partial charge is 0.252 e. The van der Waals surface area contributed by atoms with Gasteiger partial charge in [0.15, 0.2) is 0 Å². The normalized spacial score (nSPS) is 14.2. The monoisotopic (exact) mass is 876 g/mol. The van der Waals surface area contributed by atoms with E-state index >= 15 is 0 Å². The zero-order valence-electron chi connectivity index (χ0n) is 40.5. The lowest BCUT2D eigenvalue weighted by Crippen LogP contribution is -2.61. The van der Waals surface area contributed by atoms with Crippen molar-refractivity contribution in [2.45, 2.75) is 71.6 Å². The summed E-state index contributed by atoms with van der Waals surface area (Å²) in [6.45, 7) is 18.8. The first-order valence-corrected chi connectivity index (χ1v) is 24.4. The Bertz CT molecular complexity index is 3440. The average molecular weight is 877 g/mol. The summed E-state index contributed by atoms with van der Waals surface area (Å²) in [6, 6.07) is 75.6. The summed E-state index contributed by atoms with van der Waals surface area (Å²) in [5.74, 6) is 0. The average Bonchev–Trinajstić information content (AvgIpc) is 3.59. The van der Waals surface area contributed by atoms with Crippen molar-refractivity contribution in [3.8, 4) is 44.5 Å². The summed E-state index contributed by atoms with van der Waals surface area (Å²) in [6.07, 6.45) is 0. The van der Waals surface area contributed by atoms with Crippen molar-refractivity contribution >= 4 is 57.2 Å². The molecule has 0 N–H and O–H groups in total. The van der Waals surface area contributed by atoms with Crippen LogP contribution in [0.1, 0.15) is 77.6 Å². The largest absolute Gasteiger partial charge is 0.311 e. The van der Waals surface area contributed by atoms with Gasteiger partial charge in [0, 0.05) is 39.4 Å². The Labute approximate surface area is 403 Å². The fraction of sp³-hybridized carbons (Fsp3) is 0.169. The molecule has 0 saturated carbocycles. The number of nitrogens with zero attached hydrogens (tertiary/aromatic N) is 2. The van der Waals surface area contributed by atoms with Gasteiger partial charge < -0.3 is 9.80 Å². The Morgan fingerprint density at radius 2 is 0.926 bits per heavy atom. The summed E-state index contributed by atoms with van der Waals surface area (Å²) in [4.78, 5) is 5.13. The minimum Gasteiger partial charge on any atom is -0.311 e. The van der Waals surface area contributed by atoms with E-state index in [1.54, 1.807) is 0 Å². The molecule has 2 aliphatic heterocycles. The van der Waals surface area contributed by atoms with E-state index < -0.39 is 0 Å². The highest BCUT2D eigenvalue weighted by Crippen LogP contribution is 2.53. The first-order chi connectivity index (χ1) is 32.8. The summed E-state index contributed by atoms with van der Waals surface area (Å²) in [5, 5.41) is 0. The van der Waals surface area contributed by atoms with Gasteiger partial charge in [-0.3, -0.25) is 0 Å². The lowest BCUT2D eigenvalue weighted by Gasteiger charge is -2.45. The van der Waals surface area contributed by atoms with Crippen LogP contribution in [-0.4, -0.2) is 6.71 Å². The zero-order valence-corrected chi connectivity index (χ0v) is 40.5. The summed E-state index contributed by atoms with van der Waals surface area (Å²) in [5.41, 5.74) is 26.6. The van der Waals surface area contributed by atoms with E-state index in [4.69, 9.17) is 0 Å². The topological polar surface area (TPSA) is 6.48 Å². The van der Waals surface area contributed by atoms with E-state index in [-0.39, 0.29) is 23.0 Å². The molecule has 1 aliphatic carbocycles. The lowest BCUT2D eigenvalue weighted by molar-refractivity contribution is 0.590. The number of hydrogen-bond donors (Lipinski definition) is 0. The molecule has 2 nitrogen and oxygen atoms in total. The van der Waals surface area contributed by atoms with Crippen molar-refractivity contribution in [3.63, 3.8) is 0 Å². The molecule has 0 saturated heterocycles. The Balaban J connectivity index is 1.09. The molecule has 3 aliphatic rings. The predicted octanol–water partition coefficient (Wildman–Crippen LogP) is 15.7. The van der Waals surface area contributed by atoms with E-state index in [9.17, 15) is 0 Å². The van der Waals surface area contributed by atoms with Crippen LogP contribution in [0.2, 0.25) is 0 Å². The Hall–Kier alpha value is -7.36. The Kier molecular flexibility index (Phi) is 9.48. The first kappa shape index (κ1) is 42.0. The number of benzene rings is 9. The van der Waals surface area contributed by atoms with Gasteiger partial charge in [0.25, 0.3) is 6.71 Å².